The van der Waals surface area contributed by atoms with Crippen molar-refractivity contribution in [2.75, 3.05) is 79.2 Å². The van der Waals surface area contributed by atoms with Crippen LogP contribution in [0.25, 0.3) is 0 Å². The number of carboxylic acids is 1. The van der Waals surface area contributed by atoms with Gasteiger partial charge in [0.25, 0.3) is 11.4 Å². The summed E-state index contributed by atoms with van der Waals surface area (Å²) in [5.41, 5.74) is 3.74. The first-order valence-electron chi connectivity index (χ1n) is 21.1. The summed E-state index contributed by atoms with van der Waals surface area (Å²) in [7, 11) is -8.36. The van der Waals surface area contributed by atoms with Crippen molar-refractivity contribution in [3.8, 4) is 0 Å². The van der Waals surface area contributed by atoms with Crippen LogP contribution in [0.4, 0.5) is 17.1 Å². The first-order chi connectivity index (χ1) is 31.1. The molecule has 3 fully saturated rings. The predicted molar refractivity (Wildman–Crippen MR) is 295 cm³/mol. The van der Waals surface area contributed by atoms with Crippen LogP contribution in [0.5, 0.6) is 0 Å². The fourth-order valence-corrected chi connectivity index (χ4v) is 8.71. The fourth-order valence-electron chi connectivity index (χ4n) is 5.20. The molecule has 0 atom stereocenters. The third kappa shape index (κ3) is 41.1. The molecule has 0 unspecified atom stereocenters. The van der Waals surface area contributed by atoms with Gasteiger partial charge >= 0.3 is 5.97 Å². The topological polar surface area (TPSA) is 317 Å². The number of nitrogens with two attached hydrogens (primary N) is 1. The second kappa shape index (κ2) is 45.3. The van der Waals surface area contributed by atoms with Gasteiger partial charge in [0.2, 0.25) is 11.8 Å². The number of carboxylic acid groups (broad SMARTS) is 1. The lowest BCUT2D eigenvalue weighted by molar-refractivity contribution is -0.385. The Morgan fingerprint density at radius 2 is 0.819 bits per heavy atom. The van der Waals surface area contributed by atoms with Gasteiger partial charge in [0, 0.05) is 88.5 Å². The molecule has 0 spiro atoms. The molecule has 0 bridgehead atoms. The highest BCUT2D eigenvalue weighted by Gasteiger charge is 2.25. The lowest BCUT2D eigenvalue weighted by Gasteiger charge is -2.26. The molecule has 21 nitrogen and oxygen atoms in total. The van der Waals surface area contributed by atoms with Crippen molar-refractivity contribution < 1.29 is 54.6 Å². The summed E-state index contributed by atoms with van der Waals surface area (Å²) in [5, 5.41) is 30.9. The third-order valence-corrected chi connectivity index (χ3v) is 13.7. The quantitative estimate of drug-likeness (QED) is 0.0897. The number of carbonyl (C=O) groups excluding carboxylic acids is 2. The molecule has 3 aromatic rings. The average molecular weight is 1080 g/mol. The average Bonchev–Trinajstić information content (AvgIpc) is 3.28. The van der Waals surface area contributed by atoms with Crippen molar-refractivity contribution in [1.29, 1.82) is 0 Å². The number of carbonyl (C=O) groups is 3. The van der Waals surface area contributed by atoms with E-state index in [1.165, 1.54) is 24.3 Å². The van der Waals surface area contributed by atoms with Crippen LogP contribution in [0.3, 0.4) is 0 Å². The van der Waals surface area contributed by atoms with Gasteiger partial charge in [0.15, 0.2) is 29.5 Å². The Hall–Kier alpha value is -5.56. The summed E-state index contributed by atoms with van der Waals surface area (Å²) in [6, 6.07) is 25.5. The number of anilines is 1. The molecule has 24 heteroatoms. The number of hydrazine groups is 1. The fraction of sp³-hybridized carbons (Fsp3) is 0.562. The van der Waals surface area contributed by atoms with Crippen LogP contribution in [0.1, 0.15) is 104 Å². The van der Waals surface area contributed by atoms with E-state index < -0.39 is 45.3 Å². The second-order valence-electron chi connectivity index (χ2n) is 14.3. The maximum absolute atomic E-state index is 11.3. The Labute approximate surface area is 432 Å². The predicted octanol–water partition coefficient (Wildman–Crippen LogP) is 7.94. The summed E-state index contributed by atoms with van der Waals surface area (Å²) in [4.78, 5) is 54.7. The molecule has 0 radical (unpaired) electrons. The number of hydrogen-bond acceptors (Lipinski definition) is 16. The van der Waals surface area contributed by atoms with Crippen LogP contribution in [-0.4, -0.2) is 142 Å². The summed E-state index contributed by atoms with van der Waals surface area (Å²) in [6.07, 6.45) is 3.72. The lowest BCUT2D eigenvalue weighted by atomic mass is 10.3. The Bertz CT molecular complexity index is 2060. The minimum Gasteiger partial charge on any atom is -0.481 e. The minimum absolute atomic E-state index is 0. The number of benzene rings is 3. The van der Waals surface area contributed by atoms with Gasteiger partial charge in [-0.2, -0.15) is 0 Å². The van der Waals surface area contributed by atoms with Crippen molar-refractivity contribution >= 4 is 64.4 Å². The van der Waals surface area contributed by atoms with Crippen molar-refractivity contribution in [3.63, 3.8) is 0 Å². The molecule has 418 valence electrons. The monoisotopic (exact) mass is 1080 g/mol. The highest BCUT2D eigenvalue weighted by atomic mass is 32.2. The molecule has 5 N–H and O–H groups in total. The van der Waals surface area contributed by atoms with Crippen LogP contribution in [-0.2, 0) is 43.9 Å². The number of amides is 2. The molecule has 72 heavy (non-hydrogen) atoms. The van der Waals surface area contributed by atoms with E-state index in [1.807, 2.05) is 51.1 Å². The van der Waals surface area contributed by atoms with Gasteiger partial charge in [-0.3, -0.25) is 40.5 Å². The zero-order valence-electron chi connectivity index (χ0n) is 37.7. The number of hydrogen-bond donors (Lipinski definition) is 4. The first-order valence-corrected chi connectivity index (χ1v) is 26.6. The molecule has 6 rings (SSSR count). The van der Waals surface area contributed by atoms with Crippen LogP contribution < -0.4 is 16.6 Å². The van der Waals surface area contributed by atoms with E-state index in [0.717, 1.165) is 24.9 Å². The normalized spacial score (nSPS) is 14.7. The van der Waals surface area contributed by atoms with Gasteiger partial charge in [-0.25, -0.2) is 25.3 Å². The SMILES string of the molecule is C.C.C.C.C.C.CCCC(=O)N1CCS(=O)(=O)CC1.CCCC(=O)N1CCS(=O)(=O)CC1.CCCC(=O)O.NNc1ccccc1.O=S1(=O)CCNCC1.O=[N+]([O-])c1ccccc1.O=[N+]([O-])c1ccccc1. The van der Waals surface area contributed by atoms with Gasteiger partial charge in [-0.15, -0.1) is 0 Å². The Balaban J connectivity index is -0.000000137. The Morgan fingerprint density at radius 3 is 1.00 bits per heavy atom. The number of nitro groups is 2. The van der Waals surface area contributed by atoms with E-state index in [4.69, 9.17) is 10.9 Å². The number of aliphatic carboxylic acids is 1. The maximum Gasteiger partial charge on any atom is 0.303 e. The standard InChI is InChI=1S/2C8H15NO3S.C6H8N2.2C6H5NO2.C4H9NO2S.C4H8O2.6CH4/c2*1-2-3-8(10)9-4-6-13(11,12)7-5-9;7-8-6-4-2-1-3-5-6;2*8-7(9)6-4-2-1-3-5-6;6-8(7)3-1-5-2-4-8;1-2-3-4(5)6;;;;;;/h2*2-7H2,1H3;1-5,8H,7H2;2*1-5H;5H,1-4H2;2-3H2,1H3,(H,5,6);6*1H4. The van der Waals surface area contributed by atoms with Gasteiger partial charge < -0.3 is 25.6 Å². The zero-order valence-corrected chi connectivity index (χ0v) is 40.2. The smallest absolute Gasteiger partial charge is 0.303 e. The molecule has 2 amide bonds. The van der Waals surface area contributed by atoms with Gasteiger partial charge in [-0.05, 0) is 31.4 Å². The van der Waals surface area contributed by atoms with E-state index in [1.54, 1.807) is 46.2 Å². The van der Waals surface area contributed by atoms with Crippen LogP contribution >= 0.6 is 0 Å². The zero-order chi connectivity index (χ0) is 50.0. The van der Waals surface area contributed by atoms with E-state index in [9.17, 15) is 59.9 Å². The number of nitrogens with one attached hydrogen (secondary N) is 2. The number of nitrogen functional groups attached to an aromatic ring is 1. The molecule has 0 saturated carbocycles. The van der Waals surface area contributed by atoms with Crippen molar-refractivity contribution in [1.82, 2.24) is 15.1 Å². The third-order valence-electron chi connectivity index (χ3n) is 8.84. The summed E-state index contributed by atoms with van der Waals surface area (Å²) >= 11 is 0. The largest absolute Gasteiger partial charge is 0.481 e. The number of nitro benzene ring substituents is 2. The molecule has 3 heterocycles. The first kappa shape index (κ1) is 80.5. The number of non-ortho nitro benzene ring substituents is 2. The molecular formula is C48H89N7O14S3. The van der Waals surface area contributed by atoms with E-state index >= 15 is 0 Å². The molecule has 3 aliphatic heterocycles. The second-order valence-corrected chi connectivity index (χ2v) is 21.2. The van der Waals surface area contributed by atoms with Crippen molar-refractivity contribution in [2.45, 2.75) is 104 Å². The number of rotatable bonds is 9. The Kier molecular flexibility index (Phi) is 50.7. The summed E-state index contributed by atoms with van der Waals surface area (Å²) in [6.45, 7) is 8.49. The van der Waals surface area contributed by atoms with Crippen LogP contribution in [0.15, 0.2) is 91.0 Å². The summed E-state index contributed by atoms with van der Waals surface area (Å²) < 4.78 is 65.4. The molecule has 0 aromatic heterocycles. The van der Waals surface area contributed by atoms with Crippen molar-refractivity contribution in [3.05, 3.63) is 111 Å². The summed E-state index contributed by atoms with van der Waals surface area (Å²) in [5.74, 6) is 5.69. The van der Waals surface area contributed by atoms with Crippen LogP contribution in [0.2, 0.25) is 0 Å². The van der Waals surface area contributed by atoms with Crippen LogP contribution in [0, 0.1) is 20.2 Å². The highest BCUT2D eigenvalue weighted by molar-refractivity contribution is 7.92. The molecule has 3 aromatic carbocycles. The van der Waals surface area contributed by atoms with Gasteiger partial charge in [0.1, 0.15) is 0 Å². The molecule has 3 saturated heterocycles. The maximum atomic E-state index is 11.3. The number of para-hydroxylation sites is 3. The Morgan fingerprint density at radius 1 is 0.542 bits per heavy atom. The van der Waals surface area contributed by atoms with Gasteiger partial charge in [0.05, 0.1) is 44.4 Å². The number of nitrogens with zero attached hydrogens (tertiary/aromatic N) is 4. The lowest BCUT2D eigenvalue weighted by Crippen LogP contribution is -2.43. The minimum atomic E-state index is -2.86. The van der Waals surface area contributed by atoms with E-state index in [0.29, 0.717) is 70.0 Å². The van der Waals surface area contributed by atoms with E-state index in [2.05, 4.69) is 10.7 Å². The molecule has 3 aliphatic rings. The molecular weight excluding hydrogens is 995 g/mol. The number of sulfone groups is 3. The highest BCUT2D eigenvalue weighted by Crippen LogP contribution is 2.09. The molecule has 0 aliphatic carbocycles. The van der Waals surface area contributed by atoms with E-state index in [-0.39, 0.29) is 90.8 Å². The van der Waals surface area contributed by atoms with Crippen molar-refractivity contribution in [2.24, 2.45) is 5.84 Å². The van der Waals surface area contributed by atoms with Gasteiger partial charge in [-0.1, -0.05) is 120 Å².